The molecule has 2 aliphatic rings. The van der Waals surface area contributed by atoms with E-state index < -0.39 is 0 Å². The molecule has 0 spiro atoms. The first-order chi connectivity index (χ1) is 9.18. The van der Waals surface area contributed by atoms with E-state index in [-0.39, 0.29) is 11.4 Å². The number of nitrogens with zero attached hydrogens (tertiary/aromatic N) is 1. The van der Waals surface area contributed by atoms with Gasteiger partial charge < -0.3 is 10.3 Å². The Labute approximate surface area is 113 Å². The van der Waals surface area contributed by atoms with E-state index in [1.54, 1.807) is 0 Å². The lowest BCUT2D eigenvalue weighted by molar-refractivity contribution is 0.339. The van der Waals surface area contributed by atoms with Gasteiger partial charge in [0.2, 0.25) is 0 Å². The minimum atomic E-state index is -0.0933. The number of hydrogen-bond acceptors (Lipinski definition) is 2. The number of aromatic nitrogens is 1. The molecule has 0 aromatic carbocycles. The van der Waals surface area contributed by atoms with E-state index >= 15 is 0 Å². The molecule has 0 atom stereocenters. The molecular formula is C15H21N3O. The molecule has 0 amide bonds. The van der Waals surface area contributed by atoms with Crippen LogP contribution < -0.4 is 11.3 Å². The number of nitrogens with one attached hydrogen (secondary N) is 1. The maximum absolute atomic E-state index is 12.6. The third kappa shape index (κ3) is 2.09. The number of rotatable bonds is 2. The van der Waals surface area contributed by atoms with E-state index in [0.717, 1.165) is 32.1 Å². The van der Waals surface area contributed by atoms with Crippen LogP contribution >= 0.6 is 0 Å². The summed E-state index contributed by atoms with van der Waals surface area (Å²) in [4.78, 5) is 12.6. The van der Waals surface area contributed by atoms with Crippen LogP contribution in [0.5, 0.6) is 0 Å². The van der Waals surface area contributed by atoms with Crippen molar-refractivity contribution < 1.29 is 0 Å². The van der Waals surface area contributed by atoms with Gasteiger partial charge in [-0.05, 0) is 43.7 Å². The molecule has 0 aliphatic heterocycles. The highest BCUT2D eigenvalue weighted by atomic mass is 16.1. The molecule has 1 heterocycles. The molecule has 1 fully saturated rings. The van der Waals surface area contributed by atoms with Crippen molar-refractivity contribution in [3.63, 3.8) is 0 Å². The lowest BCUT2D eigenvalue weighted by atomic mass is 9.94. The van der Waals surface area contributed by atoms with Gasteiger partial charge in [-0.1, -0.05) is 19.3 Å². The van der Waals surface area contributed by atoms with E-state index in [9.17, 15) is 4.79 Å². The Kier molecular flexibility index (Phi) is 3.17. The van der Waals surface area contributed by atoms with E-state index in [1.165, 1.54) is 30.5 Å². The zero-order valence-electron chi connectivity index (χ0n) is 11.2. The molecule has 0 saturated heterocycles. The van der Waals surface area contributed by atoms with Crippen LogP contribution in [0.3, 0.4) is 0 Å². The minimum absolute atomic E-state index is 0.0416. The van der Waals surface area contributed by atoms with Gasteiger partial charge in [0.05, 0.1) is 5.56 Å². The monoisotopic (exact) mass is 259 g/mol. The highest BCUT2D eigenvalue weighted by molar-refractivity contribution is 5.94. The van der Waals surface area contributed by atoms with E-state index in [4.69, 9.17) is 11.1 Å². The first kappa shape index (κ1) is 12.5. The Morgan fingerprint density at radius 1 is 1.21 bits per heavy atom. The van der Waals surface area contributed by atoms with Crippen molar-refractivity contribution in [3.05, 3.63) is 33.2 Å². The summed E-state index contributed by atoms with van der Waals surface area (Å²) in [5, 5.41) is 7.61. The second kappa shape index (κ2) is 4.83. The summed E-state index contributed by atoms with van der Waals surface area (Å²) in [6.07, 6.45) is 9.00. The van der Waals surface area contributed by atoms with Crippen molar-refractivity contribution in [2.24, 2.45) is 5.73 Å². The lowest BCUT2D eigenvalue weighted by Gasteiger charge is -2.27. The predicted molar refractivity (Wildman–Crippen MR) is 75.9 cm³/mol. The summed E-state index contributed by atoms with van der Waals surface area (Å²) in [5.74, 6) is -0.0933. The topological polar surface area (TPSA) is 71.9 Å². The zero-order chi connectivity index (χ0) is 13.4. The van der Waals surface area contributed by atoms with Gasteiger partial charge >= 0.3 is 0 Å². The summed E-state index contributed by atoms with van der Waals surface area (Å²) in [6, 6.07) is 2.18. The van der Waals surface area contributed by atoms with Crippen LogP contribution in [0.15, 0.2) is 10.9 Å². The second-order valence-corrected chi connectivity index (χ2v) is 5.76. The molecule has 3 rings (SSSR count). The molecule has 1 aromatic rings. The molecule has 4 nitrogen and oxygen atoms in total. The Morgan fingerprint density at radius 3 is 2.63 bits per heavy atom. The van der Waals surface area contributed by atoms with E-state index in [0.29, 0.717) is 11.6 Å². The second-order valence-electron chi connectivity index (χ2n) is 5.76. The molecule has 3 N–H and O–H groups in total. The summed E-state index contributed by atoms with van der Waals surface area (Å²) < 4.78 is 1.98. The normalized spacial score (nSPS) is 19.4. The predicted octanol–water partition coefficient (Wildman–Crippen LogP) is 2.13. The molecule has 1 saturated carbocycles. The van der Waals surface area contributed by atoms with Crippen LogP contribution in [0.1, 0.15) is 61.4 Å². The fourth-order valence-corrected chi connectivity index (χ4v) is 3.59. The number of hydrogen-bond donors (Lipinski definition) is 2. The number of aryl methyl sites for hydroxylation is 1. The Morgan fingerprint density at radius 2 is 1.95 bits per heavy atom. The van der Waals surface area contributed by atoms with Gasteiger partial charge in [-0.3, -0.25) is 10.2 Å². The SMILES string of the molecule is N=C(N)c1cc2c(n(C3CCCCC3)c1=O)CCC2. The van der Waals surface area contributed by atoms with Crippen molar-refractivity contribution in [3.8, 4) is 0 Å². The Hall–Kier alpha value is -1.58. The highest BCUT2D eigenvalue weighted by Crippen LogP contribution is 2.31. The lowest BCUT2D eigenvalue weighted by Crippen LogP contribution is -2.35. The molecule has 1 aromatic heterocycles. The van der Waals surface area contributed by atoms with Gasteiger partial charge in [-0.2, -0.15) is 0 Å². The van der Waals surface area contributed by atoms with Gasteiger partial charge in [0.25, 0.3) is 5.56 Å². The van der Waals surface area contributed by atoms with Crippen LogP contribution in [-0.4, -0.2) is 10.4 Å². The summed E-state index contributed by atoms with van der Waals surface area (Å²) in [5.41, 5.74) is 8.37. The molecule has 19 heavy (non-hydrogen) atoms. The van der Waals surface area contributed by atoms with Gasteiger partial charge in [0, 0.05) is 11.7 Å². The van der Waals surface area contributed by atoms with Crippen LogP contribution in [0.25, 0.3) is 0 Å². The molecule has 0 unspecified atom stereocenters. The van der Waals surface area contributed by atoms with Gasteiger partial charge in [0.15, 0.2) is 0 Å². The zero-order valence-corrected chi connectivity index (χ0v) is 11.2. The fourth-order valence-electron chi connectivity index (χ4n) is 3.59. The molecule has 0 bridgehead atoms. The largest absolute Gasteiger partial charge is 0.384 e. The standard InChI is InChI=1S/C15H21N3O/c16-14(17)12-9-10-5-4-8-13(10)18(15(12)19)11-6-2-1-3-7-11/h9,11H,1-8H2,(H3,16,17). The van der Waals surface area contributed by atoms with Crippen LogP contribution in [0, 0.1) is 5.41 Å². The number of nitrogen functional groups attached to an aromatic ring is 1. The van der Waals surface area contributed by atoms with Gasteiger partial charge in [0.1, 0.15) is 5.84 Å². The van der Waals surface area contributed by atoms with Gasteiger partial charge in [-0.25, -0.2) is 0 Å². The van der Waals surface area contributed by atoms with Crippen LogP contribution in [0.2, 0.25) is 0 Å². The van der Waals surface area contributed by atoms with Crippen LogP contribution in [-0.2, 0) is 12.8 Å². The highest BCUT2D eigenvalue weighted by Gasteiger charge is 2.25. The molecule has 4 heteroatoms. The van der Waals surface area contributed by atoms with Gasteiger partial charge in [-0.15, -0.1) is 0 Å². The quantitative estimate of drug-likeness (QED) is 0.631. The average Bonchev–Trinajstić information content (AvgIpc) is 2.86. The maximum Gasteiger partial charge on any atom is 0.262 e. The first-order valence-corrected chi connectivity index (χ1v) is 7.30. The van der Waals surface area contributed by atoms with E-state index in [2.05, 4.69) is 0 Å². The van der Waals surface area contributed by atoms with Crippen molar-refractivity contribution in [2.45, 2.75) is 57.4 Å². The molecule has 2 aliphatic carbocycles. The Bertz CT molecular complexity index is 567. The molecule has 0 radical (unpaired) electrons. The first-order valence-electron chi connectivity index (χ1n) is 7.30. The Balaban J connectivity index is 2.15. The summed E-state index contributed by atoms with van der Waals surface area (Å²) in [7, 11) is 0. The third-order valence-electron chi connectivity index (χ3n) is 4.52. The molecule has 102 valence electrons. The maximum atomic E-state index is 12.6. The summed E-state index contributed by atoms with van der Waals surface area (Å²) >= 11 is 0. The third-order valence-corrected chi connectivity index (χ3v) is 4.52. The molecular weight excluding hydrogens is 238 g/mol. The number of pyridine rings is 1. The fraction of sp³-hybridized carbons (Fsp3) is 0.600. The van der Waals surface area contributed by atoms with Crippen molar-refractivity contribution in [1.82, 2.24) is 4.57 Å². The van der Waals surface area contributed by atoms with E-state index in [1.807, 2.05) is 10.6 Å². The minimum Gasteiger partial charge on any atom is -0.384 e. The summed E-state index contributed by atoms with van der Waals surface area (Å²) in [6.45, 7) is 0. The van der Waals surface area contributed by atoms with Crippen molar-refractivity contribution >= 4 is 5.84 Å². The van der Waals surface area contributed by atoms with Crippen molar-refractivity contribution in [2.75, 3.05) is 0 Å². The average molecular weight is 259 g/mol. The number of nitrogens with two attached hydrogens (primary N) is 1. The number of fused-ring (bicyclic) bond motifs is 1. The van der Waals surface area contributed by atoms with Crippen LogP contribution in [0.4, 0.5) is 0 Å². The number of amidine groups is 1. The van der Waals surface area contributed by atoms with Crippen molar-refractivity contribution in [1.29, 1.82) is 5.41 Å². The smallest absolute Gasteiger partial charge is 0.262 e.